The van der Waals surface area contributed by atoms with Crippen LogP contribution in [0.5, 0.6) is 11.5 Å². The molecule has 1 aromatic carbocycles. The number of methoxy groups -OCH3 is 1. The first-order valence-electron chi connectivity index (χ1n) is 9.84. The smallest absolute Gasteiger partial charge is 0.342 e. The Labute approximate surface area is 165 Å². The number of esters is 2. The molecule has 0 amide bonds. The molecule has 6 nitrogen and oxygen atoms in total. The zero-order chi connectivity index (χ0) is 20.4. The van der Waals surface area contributed by atoms with Crippen LogP contribution in [0.25, 0.3) is 0 Å². The average molecular weight is 388 g/mol. The lowest BCUT2D eigenvalue weighted by atomic mass is 9.87. The molecular weight excluding hydrogens is 360 g/mol. The number of ether oxygens (including phenoxy) is 3. The van der Waals surface area contributed by atoms with E-state index in [-0.39, 0.29) is 35.7 Å². The Morgan fingerprint density at radius 3 is 2.86 bits per heavy atom. The second-order valence-electron chi connectivity index (χ2n) is 7.44. The van der Waals surface area contributed by atoms with Crippen molar-refractivity contribution in [2.24, 2.45) is 11.8 Å². The maximum absolute atomic E-state index is 12.2. The normalized spacial score (nSPS) is 20.8. The molecule has 28 heavy (non-hydrogen) atoms. The molecule has 1 aliphatic carbocycles. The Hall–Kier alpha value is -2.50. The van der Waals surface area contributed by atoms with Crippen LogP contribution < -0.4 is 4.74 Å². The number of hydrogen-bond acceptors (Lipinski definition) is 6. The number of rotatable bonds is 6. The number of cyclic esters (lactones) is 1. The van der Waals surface area contributed by atoms with Gasteiger partial charge in [0, 0.05) is 11.1 Å². The summed E-state index contributed by atoms with van der Waals surface area (Å²) < 4.78 is 15.8. The summed E-state index contributed by atoms with van der Waals surface area (Å²) in [5.74, 6) is -0.198. The molecule has 1 saturated carbocycles. The van der Waals surface area contributed by atoms with Gasteiger partial charge in [-0.3, -0.25) is 4.79 Å². The molecule has 1 aliphatic heterocycles. The van der Waals surface area contributed by atoms with Crippen LogP contribution >= 0.6 is 0 Å². The lowest BCUT2D eigenvalue weighted by Gasteiger charge is -2.20. The highest BCUT2D eigenvalue weighted by Crippen LogP contribution is 2.43. The summed E-state index contributed by atoms with van der Waals surface area (Å²) in [5.41, 5.74) is 3.53. The summed E-state index contributed by atoms with van der Waals surface area (Å²) in [6.45, 7) is 6.13. The quantitative estimate of drug-likeness (QED) is 0.589. The number of carbonyl (C=O) groups is 2. The van der Waals surface area contributed by atoms with Crippen molar-refractivity contribution < 1.29 is 28.9 Å². The molecule has 1 N–H and O–H groups in total. The van der Waals surface area contributed by atoms with Gasteiger partial charge in [0.05, 0.1) is 19.6 Å². The highest BCUT2D eigenvalue weighted by atomic mass is 16.5. The van der Waals surface area contributed by atoms with Crippen LogP contribution in [-0.4, -0.2) is 30.8 Å². The minimum Gasteiger partial charge on any atom is -0.507 e. The minimum absolute atomic E-state index is 0.0650. The van der Waals surface area contributed by atoms with Crippen molar-refractivity contribution >= 4 is 11.9 Å². The van der Waals surface area contributed by atoms with E-state index in [9.17, 15) is 14.7 Å². The van der Waals surface area contributed by atoms with E-state index < -0.39 is 5.97 Å². The third kappa shape index (κ3) is 3.48. The number of allylic oxidation sites excluding steroid dienone is 2. The molecule has 0 bridgehead atoms. The lowest BCUT2D eigenvalue weighted by molar-refractivity contribution is -0.148. The van der Waals surface area contributed by atoms with Crippen LogP contribution in [0.15, 0.2) is 11.6 Å². The van der Waals surface area contributed by atoms with Gasteiger partial charge in [0.1, 0.15) is 23.7 Å². The van der Waals surface area contributed by atoms with E-state index in [1.54, 1.807) is 7.11 Å². The van der Waals surface area contributed by atoms with Gasteiger partial charge in [-0.2, -0.15) is 0 Å². The maximum Gasteiger partial charge on any atom is 0.342 e. The molecule has 6 heteroatoms. The molecule has 3 rings (SSSR count). The number of carbonyl (C=O) groups excluding carboxylic acids is 2. The van der Waals surface area contributed by atoms with Crippen molar-refractivity contribution in [1.82, 2.24) is 0 Å². The predicted molar refractivity (Wildman–Crippen MR) is 103 cm³/mol. The maximum atomic E-state index is 12.2. The van der Waals surface area contributed by atoms with Gasteiger partial charge in [0.15, 0.2) is 0 Å². The highest BCUT2D eigenvalue weighted by molar-refractivity contribution is 5.98. The summed E-state index contributed by atoms with van der Waals surface area (Å²) in [5, 5.41) is 10.7. The number of aromatic hydroxyl groups is 1. The summed E-state index contributed by atoms with van der Waals surface area (Å²) in [7, 11) is 1.56. The number of hydrogen-bond donors (Lipinski definition) is 1. The zero-order valence-electron chi connectivity index (χ0n) is 17.0. The van der Waals surface area contributed by atoms with E-state index in [1.807, 2.05) is 20.8 Å². The van der Waals surface area contributed by atoms with Crippen LogP contribution in [0.2, 0.25) is 0 Å². The number of phenolic OH excluding ortho intramolecular Hbond substituents is 1. The largest absolute Gasteiger partial charge is 0.507 e. The van der Waals surface area contributed by atoms with E-state index >= 15 is 0 Å². The standard InChI is InChI=1S/C22H28O6/c1-5-27-21(24)13(3)15-8-6-7-14(15)9-10-16-19(23)18-17(11-28-22(18)25)12(2)20(16)26-4/h9,13,15,23H,5-8,10-11H2,1-4H3/b14-9+/t13-,15-/m0/s1. The summed E-state index contributed by atoms with van der Waals surface area (Å²) in [6.07, 6.45) is 5.39. The number of fused-ring (bicyclic) bond motifs is 1. The molecule has 0 unspecified atom stereocenters. The van der Waals surface area contributed by atoms with Gasteiger partial charge in [0.2, 0.25) is 0 Å². The summed E-state index contributed by atoms with van der Waals surface area (Å²) in [6, 6.07) is 0. The first-order valence-corrected chi connectivity index (χ1v) is 9.84. The van der Waals surface area contributed by atoms with Crippen molar-refractivity contribution in [2.45, 2.75) is 53.1 Å². The fourth-order valence-corrected chi connectivity index (χ4v) is 4.42. The zero-order valence-corrected chi connectivity index (χ0v) is 17.0. The van der Waals surface area contributed by atoms with Crippen LogP contribution in [0.3, 0.4) is 0 Å². The van der Waals surface area contributed by atoms with Crippen molar-refractivity contribution in [2.75, 3.05) is 13.7 Å². The molecular formula is C22H28O6. The van der Waals surface area contributed by atoms with Gasteiger partial charge in [-0.1, -0.05) is 18.6 Å². The topological polar surface area (TPSA) is 82.1 Å². The Morgan fingerprint density at radius 2 is 2.18 bits per heavy atom. The van der Waals surface area contributed by atoms with E-state index in [4.69, 9.17) is 14.2 Å². The van der Waals surface area contributed by atoms with Crippen molar-refractivity contribution in [3.05, 3.63) is 33.9 Å². The highest BCUT2D eigenvalue weighted by Gasteiger charge is 2.33. The molecule has 0 saturated heterocycles. The summed E-state index contributed by atoms with van der Waals surface area (Å²) >= 11 is 0. The van der Waals surface area contributed by atoms with Crippen molar-refractivity contribution in [3.63, 3.8) is 0 Å². The third-order valence-corrected chi connectivity index (χ3v) is 5.93. The predicted octanol–water partition coefficient (Wildman–Crippen LogP) is 3.85. The molecule has 2 aliphatic rings. The molecule has 152 valence electrons. The SMILES string of the molecule is CCOC(=O)[C@@H](C)[C@@H]1CCC/C1=C\Cc1c(O)c2c(c(C)c1OC)COC2=O. The number of phenols is 1. The third-order valence-electron chi connectivity index (χ3n) is 5.93. The van der Waals surface area contributed by atoms with Gasteiger partial charge in [-0.05, 0) is 51.0 Å². The molecule has 0 spiro atoms. The monoisotopic (exact) mass is 388 g/mol. The van der Waals surface area contributed by atoms with Crippen molar-refractivity contribution in [3.8, 4) is 11.5 Å². The molecule has 1 aromatic rings. The van der Waals surface area contributed by atoms with Gasteiger partial charge in [0.25, 0.3) is 0 Å². The summed E-state index contributed by atoms with van der Waals surface area (Å²) in [4.78, 5) is 24.2. The average Bonchev–Trinajstić information content (AvgIpc) is 3.29. The van der Waals surface area contributed by atoms with Gasteiger partial charge < -0.3 is 19.3 Å². The Bertz CT molecular complexity index is 823. The molecule has 0 radical (unpaired) electrons. The Kier molecular flexibility index (Phi) is 5.96. The van der Waals surface area contributed by atoms with Crippen LogP contribution in [0, 0.1) is 18.8 Å². The molecule has 1 fully saturated rings. The minimum atomic E-state index is -0.498. The molecule has 0 aromatic heterocycles. The number of benzene rings is 1. The van der Waals surface area contributed by atoms with Gasteiger partial charge >= 0.3 is 11.9 Å². The van der Waals surface area contributed by atoms with Gasteiger partial charge in [-0.15, -0.1) is 0 Å². The van der Waals surface area contributed by atoms with Crippen LogP contribution in [0.4, 0.5) is 0 Å². The molecule has 2 atom stereocenters. The molecule has 1 heterocycles. The fourth-order valence-electron chi connectivity index (χ4n) is 4.42. The lowest BCUT2D eigenvalue weighted by Crippen LogP contribution is -2.22. The van der Waals surface area contributed by atoms with E-state index in [0.29, 0.717) is 29.9 Å². The Morgan fingerprint density at radius 1 is 1.43 bits per heavy atom. The van der Waals surface area contributed by atoms with Crippen LogP contribution in [0.1, 0.15) is 60.2 Å². The first kappa shape index (κ1) is 20.2. The first-order chi connectivity index (χ1) is 13.4. The second-order valence-corrected chi connectivity index (χ2v) is 7.44. The van der Waals surface area contributed by atoms with Gasteiger partial charge in [-0.25, -0.2) is 4.79 Å². The van der Waals surface area contributed by atoms with E-state index in [1.165, 1.54) is 5.57 Å². The second kappa shape index (κ2) is 8.25. The van der Waals surface area contributed by atoms with E-state index in [2.05, 4.69) is 6.08 Å². The van der Waals surface area contributed by atoms with Crippen molar-refractivity contribution in [1.29, 1.82) is 0 Å². The Balaban J connectivity index is 1.91. The fraction of sp³-hybridized carbons (Fsp3) is 0.545. The van der Waals surface area contributed by atoms with E-state index in [0.717, 1.165) is 24.8 Å². The van der Waals surface area contributed by atoms with Crippen LogP contribution in [-0.2, 0) is 27.3 Å².